The maximum atomic E-state index is 13.7. The number of hydrogen-bond donors (Lipinski definition) is 7. The minimum absolute atomic E-state index is 0. The van der Waals surface area contributed by atoms with Gasteiger partial charge in [0.05, 0.1) is 18.7 Å². The summed E-state index contributed by atoms with van der Waals surface area (Å²) in [5, 5.41) is 37.1. The lowest BCUT2D eigenvalue weighted by molar-refractivity contribution is -0.151. The quantitative estimate of drug-likeness (QED) is 0.0245. The van der Waals surface area contributed by atoms with E-state index in [1.54, 1.807) is 30.5 Å². The van der Waals surface area contributed by atoms with E-state index in [0.717, 1.165) is 143 Å². The van der Waals surface area contributed by atoms with Crippen molar-refractivity contribution in [2.45, 2.75) is 115 Å². The highest BCUT2D eigenvalue weighted by Crippen LogP contribution is 2.37. The number of H-pyrrole nitrogens is 3. The lowest BCUT2D eigenvalue weighted by atomic mass is 10.1. The number of fused-ring (bicyclic) bond motifs is 1. The van der Waals surface area contributed by atoms with Crippen LogP contribution in [0.25, 0.3) is 10.9 Å². The monoisotopic (exact) mass is 1520 g/mol. The Morgan fingerprint density at radius 1 is 0.551 bits per heavy atom. The van der Waals surface area contributed by atoms with Crippen LogP contribution in [0.15, 0.2) is 164 Å². The van der Waals surface area contributed by atoms with Crippen molar-refractivity contribution in [3.8, 4) is 0 Å². The van der Waals surface area contributed by atoms with Crippen LogP contribution in [-0.2, 0) is 16.0 Å². The van der Waals surface area contributed by atoms with E-state index in [-0.39, 0.29) is 20.9 Å². The zero-order valence-electron chi connectivity index (χ0n) is 59.4. The van der Waals surface area contributed by atoms with Gasteiger partial charge in [-0.1, -0.05) is 24.3 Å². The summed E-state index contributed by atoms with van der Waals surface area (Å²) in [7, 11) is 0. The van der Waals surface area contributed by atoms with E-state index in [9.17, 15) is 27.2 Å². The molecule has 107 heavy (non-hydrogen) atoms. The van der Waals surface area contributed by atoms with Crippen LogP contribution in [0.1, 0.15) is 72.2 Å². The lowest BCUT2D eigenvalue weighted by Gasteiger charge is -2.47. The maximum absolute atomic E-state index is 13.7. The second kappa shape index (κ2) is 33.2. The molecule has 5 aliphatic rings. The van der Waals surface area contributed by atoms with Gasteiger partial charge in [-0.05, 0) is 161 Å². The summed E-state index contributed by atoms with van der Waals surface area (Å²) in [5.74, 6) is 5.53. The van der Waals surface area contributed by atoms with Crippen molar-refractivity contribution in [3.05, 3.63) is 173 Å². The molecule has 7 N–H and O–H groups in total. The number of hydrogen-bond acceptors (Lipinski definition) is 25. The molecule has 13 heterocycles. The Balaban J connectivity index is 0.000000207. The van der Waals surface area contributed by atoms with Gasteiger partial charge in [0.1, 0.15) is 59.0 Å². The fourth-order valence-electron chi connectivity index (χ4n) is 12.5. The van der Waals surface area contributed by atoms with Gasteiger partial charge in [-0.15, -0.1) is 0 Å². The Bertz CT molecular complexity index is 4950. The molecule has 26 nitrogen and oxygen atoms in total. The first-order valence-corrected chi connectivity index (χ1v) is 37.6. The number of aryl methyl sites for hydroxylation is 5. The first-order chi connectivity index (χ1) is 51.7. The van der Waals surface area contributed by atoms with Gasteiger partial charge in [-0.25, -0.2) is 34.3 Å². The number of rotatable bonds is 22. The second-order valence-corrected chi connectivity index (χ2v) is 29.9. The van der Waals surface area contributed by atoms with E-state index in [0.29, 0.717) is 92.4 Å². The van der Waals surface area contributed by atoms with Crippen molar-refractivity contribution >= 4 is 116 Å². The summed E-state index contributed by atoms with van der Waals surface area (Å²) in [6.45, 7) is 19.9. The van der Waals surface area contributed by atoms with Gasteiger partial charge < -0.3 is 40.7 Å². The van der Waals surface area contributed by atoms with E-state index >= 15 is 0 Å². The highest BCUT2D eigenvalue weighted by Gasteiger charge is 2.38. The molecule has 566 valence electrons. The molecule has 0 aliphatic carbocycles. The standard InChI is InChI=1S/C25H28F3N7O2S.C25H27FN8S.C24H24N8OS.6H2/c1-16-10-22(33-32-16)29-21-12-23(35-14-18(15-35)34-6-8-37-9-7-34)31-24(30-21)38-20-4-2-17(3-5-20)11-19(36)13-25(26,27)28;1-15-3-4-17-10-20(5-6-21(17)27-15)35-25-29-22(28-23-9-16(2)31-32-23)11-24(30-25)34-13-19(14-34)33-8-7-18(26)12-33;1-15-5-3-10-25-22(15)23(33)26-17-6-8-18(9-7-17)34-24-28-19(27-20-13-16(2)30-31-20)14-21(29-24)32-11-4-12-32;;;;;;/h2-5,10,12,18H,6-9,11,13-15H2,1H3,(H2,29,30,31,32,33);3-6,9-11,18-19H,7-8,12-14H2,1-2H3,(H2,28,29,30,31,32);3,5-10,13-14H,4,11-12H2,1-2H3,(H,26,33)(H2,27,28,29,30,31);6*1H. The van der Waals surface area contributed by atoms with Crippen molar-refractivity contribution in [1.82, 2.24) is 80.3 Å². The number of nitrogens with one attached hydrogen (secondary N) is 7. The van der Waals surface area contributed by atoms with Gasteiger partial charge in [0, 0.05) is 184 Å². The molecule has 0 radical (unpaired) electrons. The number of alkyl halides is 4. The molecule has 33 heteroatoms. The Kier molecular flexibility index (Phi) is 22.8. The summed E-state index contributed by atoms with van der Waals surface area (Å²) < 4.78 is 56.5. The molecule has 0 saturated carbocycles. The van der Waals surface area contributed by atoms with Gasteiger partial charge in [-0.3, -0.25) is 44.7 Å². The smallest absolute Gasteiger partial charge is 0.379 e. The van der Waals surface area contributed by atoms with Gasteiger partial charge in [0.25, 0.3) is 5.91 Å². The minimum atomic E-state index is -4.49. The lowest BCUT2D eigenvalue weighted by Crippen LogP contribution is -2.61. The van der Waals surface area contributed by atoms with E-state index in [2.05, 4.69) is 114 Å². The van der Waals surface area contributed by atoms with Crippen LogP contribution >= 0.6 is 35.3 Å². The van der Waals surface area contributed by atoms with E-state index in [1.165, 1.54) is 41.7 Å². The number of Topliss-reactive ketones (excluding diaryl/α,β-unsaturated/α-hetero) is 1. The number of aromatic amines is 3. The van der Waals surface area contributed by atoms with Crippen molar-refractivity contribution in [3.63, 3.8) is 0 Å². The number of ether oxygens (including phenoxy) is 1. The summed E-state index contributed by atoms with van der Waals surface area (Å²) in [4.78, 5) is 75.6. The number of benzene rings is 3. The Morgan fingerprint density at radius 2 is 1.07 bits per heavy atom. The molecule has 8 aromatic heterocycles. The molecule has 16 rings (SSSR count). The van der Waals surface area contributed by atoms with E-state index in [1.807, 2.05) is 120 Å². The highest BCUT2D eigenvalue weighted by molar-refractivity contribution is 7.99. The summed E-state index contributed by atoms with van der Waals surface area (Å²) >= 11 is 4.33. The average Bonchev–Trinajstić information content (AvgIpc) is 1.42. The molecule has 3 aromatic carbocycles. The number of amides is 1. The number of anilines is 10. The van der Waals surface area contributed by atoms with E-state index in [4.69, 9.17) is 24.7 Å². The number of carbonyl (C=O) groups excluding carboxylic acids is 2. The summed E-state index contributed by atoms with van der Waals surface area (Å²) in [6, 6.07) is 40.9. The van der Waals surface area contributed by atoms with Gasteiger partial charge in [0.15, 0.2) is 32.9 Å². The number of ketones is 1. The molecular weight excluding hydrogens is 1430 g/mol. The third kappa shape index (κ3) is 19.8. The van der Waals surface area contributed by atoms with E-state index < -0.39 is 24.6 Å². The zero-order chi connectivity index (χ0) is 74.1. The molecule has 5 aliphatic heterocycles. The van der Waals surface area contributed by atoms with Crippen molar-refractivity contribution in [1.29, 1.82) is 0 Å². The molecule has 0 spiro atoms. The second-order valence-electron chi connectivity index (χ2n) is 26.8. The average molecular weight is 1520 g/mol. The first-order valence-electron chi connectivity index (χ1n) is 35.1. The molecule has 5 saturated heterocycles. The Morgan fingerprint density at radius 3 is 1.55 bits per heavy atom. The fourth-order valence-corrected chi connectivity index (χ4v) is 14.8. The predicted octanol–water partition coefficient (Wildman–Crippen LogP) is 14.5. The number of halogens is 4. The molecule has 11 aromatic rings. The fraction of sp³-hybridized carbons (Fsp3) is 0.338. The topological polar surface area (TPSA) is 297 Å². The molecule has 1 unspecified atom stereocenters. The summed E-state index contributed by atoms with van der Waals surface area (Å²) in [5.41, 5.74) is 7.33. The predicted molar refractivity (Wildman–Crippen MR) is 419 cm³/mol. The molecule has 5 fully saturated rings. The highest BCUT2D eigenvalue weighted by atomic mass is 32.2. The molecule has 1 atom stereocenters. The number of morpholine rings is 1. The minimum Gasteiger partial charge on any atom is -0.379 e. The number of nitrogens with zero attached hydrogens (tertiary/aromatic N) is 16. The van der Waals surface area contributed by atoms with Gasteiger partial charge >= 0.3 is 6.18 Å². The normalized spacial score (nSPS) is 16.2. The van der Waals surface area contributed by atoms with Crippen LogP contribution in [0, 0.1) is 34.6 Å². The Labute approximate surface area is 636 Å². The van der Waals surface area contributed by atoms with Crippen molar-refractivity contribution in [2.24, 2.45) is 0 Å². The zero-order valence-corrected chi connectivity index (χ0v) is 61.8. The molecular formula is C74H91F4N23O3S3. The van der Waals surface area contributed by atoms with Crippen LogP contribution in [0.3, 0.4) is 0 Å². The number of aromatic nitrogens is 14. The van der Waals surface area contributed by atoms with Crippen LogP contribution in [-0.4, -0.2) is 195 Å². The maximum Gasteiger partial charge on any atom is 0.395 e. The van der Waals surface area contributed by atoms with Crippen molar-refractivity contribution < 1.29 is 40.4 Å². The third-order valence-corrected chi connectivity index (χ3v) is 20.8. The SMILES string of the molecule is Cc1cc(Nc2cc(N3CC(N4CCOCC4)C3)nc(Sc3ccc(CC(=O)CC(F)(F)F)cc3)n2)n[nH]1.Cc1cc(Nc2cc(N3CCC3)nc(Sc3ccc(NC(=O)c4ncccc4C)cc3)n2)n[nH]1.Cc1ccc2cc(Sc3nc(Nc4cc(C)[nH]n4)cc(N4CC(N5CCC(F)C5)C4)n3)ccc2n1.[HH].[HH].[HH].[HH].[HH].[HH]. The molecule has 1 amide bonds. The Hall–Kier alpha value is -10.3. The van der Waals surface area contributed by atoms with Crippen LogP contribution < -0.4 is 36.0 Å². The van der Waals surface area contributed by atoms with Crippen LogP contribution in [0.2, 0.25) is 0 Å². The number of pyridine rings is 2. The summed E-state index contributed by atoms with van der Waals surface area (Å²) in [6.07, 6.45) is -3.44. The molecule has 0 bridgehead atoms. The number of likely N-dealkylation sites (tertiary alicyclic amines) is 1. The third-order valence-electron chi connectivity index (χ3n) is 18.2. The van der Waals surface area contributed by atoms with Gasteiger partial charge in [0.2, 0.25) is 0 Å². The largest absolute Gasteiger partial charge is 0.395 e. The van der Waals surface area contributed by atoms with Crippen molar-refractivity contribution in [2.75, 3.05) is 115 Å². The number of carbonyl (C=O) groups is 2. The van der Waals surface area contributed by atoms with Crippen LogP contribution in [0.5, 0.6) is 0 Å². The van der Waals surface area contributed by atoms with Crippen LogP contribution in [0.4, 0.5) is 75.6 Å². The first kappa shape index (κ1) is 73.6. The van der Waals surface area contributed by atoms with Gasteiger partial charge in [-0.2, -0.15) is 28.5 Å².